The molecule has 0 aromatic rings. The Morgan fingerprint density at radius 2 is 0.868 bits per heavy atom. The Balaban J connectivity index is 2.56. The van der Waals surface area contributed by atoms with Crippen LogP contribution in [0.3, 0.4) is 0 Å². The van der Waals surface area contributed by atoms with Crippen LogP contribution in [-0.2, 0) is 19.1 Å². The minimum atomic E-state index is 0.0704. The van der Waals surface area contributed by atoms with Crippen molar-refractivity contribution in [3.63, 3.8) is 0 Å². The van der Waals surface area contributed by atoms with Crippen molar-refractivity contribution in [1.29, 1.82) is 0 Å². The summed E-state index contributed by atoms with van der Waals surface area (Å²) in [4.78, 5) is 29.1. The first-order chi connectivity index (χ1) is 26.0. The molecule has 0 radical (unpaired) electrons. The van der Waals surface area contributed by atoms with Crippen LogP contribution in [0.5, 0.6) is 0 Å². The molecule has 1 fully saturated rings. The zero-order chi connectivity index (χ0) is 38.6. The van der Waals surface area contributed by atoms with E-state index in [2.05, 4.69) is 39.5 Å². The Bertz CT molecular complexity index is 817. The minimum Gasteiger partial charge on any atom is -0.465 e. The lowest BCUT2D eigenvalue weighted by Gasteiger charge is -2.39. The Hall–Kier alpha value is -1.10. The van der Waals surface area contributed by atoms with Crippen molar-refractivity contribution < 1.29 is 19.1 Å². The van der Waals surface area contributed by atoms with Gasteiger partial charge in [-0.25, -0.2) is 0 Å². The third-order valence-electron chi connectivity index (χ3n) is 12.3. The number of esters is 2. The zero-order valence-corrected chi connectivity index (χ0v) is 36.6. The van der Waals surface area contributed by atoms with Crippen molar-refractivity contribution >= 4 is 11.9 Å². The molecular weight excluding hydrogens is 655 g/mol. The van der Waals surface area contributed by atoms with E-state index in [0.717, 1.165) is 77.0 Å². The highest BCUT2D eigenvalue weighted by Gasteiger charge is 2.29. The Kier molecular flexibility index (Phi) is 34.4. The third kappa shape index (κ3) is 27.2. The van der Waals surface area contributed by atoms with E-state index in [4.69, 9.17) is 9.47 Å². The minimum absolute atomic E-state index is 0.0704. The molecule has 1 aliphatic heterocycles. The highest BCUT2D eigenvalue weighted by Crippen LogP contribution is 2.32. The Morgan fingerprint density at radius 3 is 1.34 bits per heavy atom. The molecule has 5 heteroatoms. The summed E-state index contributed by atoms with van der Waals surface area (Å²) in [6.07, 6.45) is 38.3. The molecule has 1 aliphatic rings. The van der Waals surface area contributed by atoms with E-state index in [-0.39, 0.29) is 23.8 Å². The summed E-state index contributed by atoms with van der Waals surface area (Å²) in [6, 6.07) is 0. The molecule has 0 N–H and O–H groups in total. The quantitative estimate of drug-likeness (QED) is 0.0465. The maximum absolute atomic E-state index is 13.2. The van der Waals surface area contributed by atoms with Gasteiger partial charge in [0.1, 0.15) is 0 Å². The smallest absolute Gasteiger partial charge is 0.308 e. The SMILES string of the molecule is CCCCCCCCC(CCCCCC)C(=O)OCCCCC1CN(CCCC)CCC1CCCOC(=O)C(CCCCCC)CCCCCCCC. The summed E-state index contributed by atoms with van der Waals surface area (Å²) >= 11 is 0. The number of rotatable bonds is 38. The fourth-order valence-electron chi connectivity index (χ4n) is 8.62. The lowest BCUT2D eigenvalue weighted by atomic mass is 9.79. The van der Waals surface area contributed by atoms with Crippen LogP contribution in [0.1, 0.15) is 240 Å². The first kappa shape index (κ1) is 49.9. The van der Waals surface area contributed by atoms with E-state index >= 15 is 0 Å². The number of nitrogens with zero attached hydrogens (tertiary/aromatic N) is 1. The van der Waals surface area contributed by atoms with Crippen LogP contribution in [-0.4, -0.2) is 49.7 Å². The summed E-state index contributed by atoms with van der Waals surface area (Å²) in [7, 11) is 0. The number of likely N-dealkylation sites (tertiary alicyclic amines) is 1. The standard InChI is InChI=1S/C48H93NO4/c1-6-11-16-20-22-26-33-44(31-24-18-13-8-3)47(50)52-40-29-28-35-46-42-49(38-15-10-5)39-37-43(46)36-30-41-53-48(51)45(32-25-19-14-9-4)34-27-23-21-17-12-7-2/h43-46H,6-42H2,1-5H3. The van der Waals surface area contributed by atoms with Crippen LogP contribution < -0.4 is 0 Å². The van der Waals surface area contributed by atoms with Crippen molar-refractivity contribution in [3.8, 4) is 0 Å². The van der Waals surface area contributed by atoms with Crippen LogP contribution in [0.2, 0.25) is 0 Å². The number of unbranched alkanes of at least 4 members (excludes halogenated alkanes) is 18. The molecule has 0 spiro atoms. The van der Waals surface area contributed by atoms with E-state index in [1.807, 2.05) is 0 Å². The number of carbonyl (C=O) groups is 2. The van der Waals surface area contributed by atoms with Crippen LogP contribution in [0.15, 0.2) is 0 Å². The summed E-state index contributed by atoms with van der Waals surface area (Å²) in [5.41, 5.74) is 0. The van der Waals surface area contributed by atoms with Crippen LogP contribution in [0.4, 0.5) is 0 Å². The van der Waals surface area contributed by atoms with Gasteiger partial charge in [-0.05, 0) is 95.6 Å². The van der Waals surface area contributed by atoms with E-state index in [0.29, 0.717) is 25.0 Å². The highest BCUT2D eigenvalue weighted by atomic mass is 16.5. The third-order valence-corrected chi connectivity index (χ3v) is 12.3. The van der Waals surface area contributed by atoms with Crippen molar-refractivity contribution in [3.05, 3.63) is 0 Å². The number of hydrogen-bond acceptors (Lipinski definition) is 5. The lowest BCUT2D eigenvalue weighted by molar-refractivity contribution is -0.150. The summed E-state index contributed by atoms with van der Waals surface area (Å²) in [6.45, 7) is 16.1. The molecule has 0 aromatic carbocycles. The van der Waals surface area contributed by atoms with Gasteiger partial charge in [-0.2, -0.15) is 0 Å². The molecule has 0 saturated carbocycles. The number of piperidine rings is 1. The number of carbonyl (C=O) groups excluding carboxylic acids is 2. The van der Waals surface area contributed by atoms with Crippen LogP contribution >= 0.6 is 0 Å². The van der Waals surface area contributed by atoms with E-state index in [9.17, 15) is 9.59 Å². The van der Waals surface area contributed by atoms with Gasteiger partial charge in [0.2, 0.25) is 0 Å². The van der Waals surface area contributed by atoms with Gasteiger partial charge in [0.05, 0.1) is 25.0 Å². The molecule has 1 rings (SSSR count). The van der Waals surface area contributed by atoms with E-state index in [1.54, 1.807) is 0 Å². The molecule has 0 bridgehead atoms. The number of hydrogen-bond donors (Lipinski definition) is 0. The fourth-order valence-corrected chi connectivity index (χ4v) is 8.62. The Morgan fingerprint density at radius 1 is 0.472 bits per heavy atom. The second-order valence-corrected chi connectivity index (χ2v) is 17.1. The summed E-state index contributed by atoms with van der Waals surface area (Å²) < 4.78 is 12.0. The molecule has 0 amide bonds. The normalized spacial score (nSPS) is 17.5. The first-order valence-electron chi connectivity index (χ1n) is 24.1. The van der Waals surface area contributed by atoms with Gasteiger partial charge in [0, 0.05) is 6.54 Å². The van der Waals surface area contributed by atoms with Crippen LogP contribution in [0, 0.1) is 23.7 Å². The second-order valence-electron chi connectivity index (χ2n) is 17.1. The molecule has 1 saturated heterocycles. The maximum atomic E-state index is 13.2. The van der Waals surface area contributed by atoms with Crippen molar-refractivity contribution in [1.82, 2.24) is 4.90 Å². The van der Waals surface area contributed by atoms with Gasteiger partial charge in [-0.1, -0.05) is 169 Å². The number of ether oxygens (including phenoxy) is 2. The molecule has 0 aliphatic carbocycles. The van der Waals surface area contributed by atoms with Gasteiger partial charge >= 0.3 is 11.9 Å². The highest BCUT2D eigenvalue weighted by molar-refractivity contribution is 5.72. The molecule has 5 nitrogen and oxygen atoms in total. The molecule has 4 atom stereocenters. The van der Waals surface area contributed by atoms with Gasteiger partial charge in [-0.3, -0.25) is 9.59 Å². The van der Waals surface area contributed by atoms with E-state index in [1.165, 1.54) is 148 Å². The predicted molar refractivity (Wildman–Crippen MR) is 228 cm³/mol. The molecule has 4 unspecified atom stereocenters. The Labute approximate surface area is 331 Å². The molecule has 1 heterocycles. The molecule has 53 heavy (non-hydrogen) atoms. The van der Waals surface area contributed by atoms with Crippen molar-refractivity contribution in [2.45, 2.75) is 240 Å². The maximum Gasteiger partial charge on any atom is 0.308 e. The zero-order valence-electron chi connectivity index (χ0n) is 36.6. The van der Waals surface area contributed by atoms with Gasteiger partial charge < -0.3 is 14.4 Å². The topological polar surface area (TPSA) is 55.8 Å². The van der Waals surface area contributed by atoms with Crippen LogP contribution in [0.25, 0.3) is 0 Å². The van der Waals surface area contributed by atoms with Gasteiger partial charge in [-0.15, -0.1) is 0 Å². The average Bonchev–Trinajstić information content (AvgIpc) is 3.17. The average molecular weight is 748 g/mol. The monoisotopic (exact) mass is 748 g/mol. The molecular formula is C48H93NO4. The molecule has 314 valence electrons. The summed E-state index contributed by atoms with van der Waals surface area (Å²) in [5.74, 6) is 1.71. The van der Waals surface area contributed by atoms with Gasteiger partial charge in [0.25, 0.3) is 0 Å². The van der Waals surface area contributed by atoms with Gasteiger partial charge in [0.15, 0.2) is 0 Å². The van der Waals surface area contributed by atoms with E-state index < -0.39 is 0 Å². The van der Waals surface area contributed by atoms with Crippen molar-refractivity contribution in [2.24, 2.45) is 23.7 Å². The second kappa shape index (κ2) is 36.5. The summed E-state index contributed by atoms with van der Waals surface area (Å²) in [5, 5.41) is 0. The fraction of sp³-hybridized carbons (Fsp3) is 0.958. The first-order valence-corrected chi connectivity index (χ1v) is 24.1. The lowest BCUT2D eigenvalue weighted by Crippen LogP contribution is -2.41. The predicted octanol–water partition coefficient (Wildman–Crippen LogP) is 14.4. The van der Waals surface area contributed by atoms with Crippen molar-refractivity contribution in [2.75, 3.05) is 32.8 Å². The largest absolute Gasteiger partial charge is 0.465 e. The molecule has 0 aromatic heterocycles.